The number of aliphatic hydroxyl groups excluding tert-OH is 2. The largest absolute Gasteiger partial charge is 0.478 e. The number of carboxylic acid groups (broad SMARTS) is 1. The van der Waals surface area contributed by atoms with Crippen LogP contribution in [-0.2, 0) is 9.59 Å². The summed E-state index contributed by atoms with van der Waals surface area (Å²) in [6.45, 7) is 2.10. The lowest BCUT2D eigenvalue weighted by atomic mass is 9.88. The van der Waals surface area contributed by atoms with Crippen molar-refractivity contribution in [2.45, 2.75) is 64.1 Å². The standard InChI is InChI=1S/C20H30O5/c1-2-3-6-9-15(21)12-13-17-16(18(22)14-19(17)23)10-7-4-5-8-11-20(24)25/h4-5,7-8,10-11,16-19,22-23H,2-3,6,9,12-14H2,1H3,(H,24,25)/b5-4+,10-7+,11-8+/t16-,17+,18-,19+/m0/s1. The third-order valence-electron chi connectivity index (χ3n) is 4.64. The predicted octanol–water partition coefficient (Wildman–Crippen LogP) is 3.03. The lowest BCUT2D eigenvalue weighted by molar-refractivity contribution is -0.131. The molecular formula is C20H30O5. The second-order valence-corrected chi connectivity index (χ2v) is 6.61. The first kappa shape index (κ1) is 21.3. The molecule has 0 aliphatic heterocycles. The van der Waals surface area contributed by atoms with Gasteiger partial charge in [0.15, 0.2) is 0 Å². The molecule has 5 heteroatoms. The smallest absolute Gasteiger partial charge is 0.328 e. The van der Waals surface area contributed by atoms with Crippen LogP contribution in [0.25, 0.3) is 0 Å². The number of carbonyl (C=O) groups is 2. The number of hydrogen-bond acceptors (Lipinski definition) is 4. The lowest BCUT2D eigenvalue weighted by Gasteiger charge is -2.20. The molecule has 0 saturated heterocycles. The fourth-order valence-corrected chi connectivity index (χ4v) is 3.26. The zero-order chi connectivity index (χ0) is 18.7. The molecule has 1 fully saturated rings. The highest BCUT2D eigenvalue weighted by molar-refractivity contribution is 5.80. The summed E-state index contributed by atoms with van der Waals surface area (Å²) in [5.41, 5.74) is 0. The zero-order valence-corrected chi connectivity index (χ0v) is 14.9. The molecule has 1 aliphatic carbocycles. The van der Waals surface area contributed by atoms with E-state index in [0.717, 1.165) is 25.3 Å². The van der Waals surface area contributed by atoms with E-state index < -0.39 is 18.2 Å². The SMILES string of the molecule is CCCCCC(=O)CC[C@@H]1[C@H](/C=C/C=C/C=C/C(=O)O)[C@@H](O)C[C@H]1O. The maximum absolute atomic E-state index is 11.9. The van der Waals surface area contributed by atoms with Gasteiger partial charge in [-0.05, 0) is 18.8 Å². The van der Waals surface area contributed by atoms with Crippen molar-refractivity contribution in [1.29, 1.82) is 0 Å². The molecule has 0 unspecified atom stereocenters. The Morgan fingerprint density at radius 1 is 1.00 bits per heavy atom. The molecule has 0 aromatic carbocycles. The van der Waals surface area contributed by atoms with E-state index in [1.807, 2.05) is 6.08 Å². The van der Waals surface area contributed by atoms with Crippen LogP contribution in [0.2, 0.25) is 0 Å². The molecule has 1 aliphatic rings. The van der Waals surface area contributed by atoms with Crippen molar-refractivity contribution in [2.24, 2.45) is 11.8 Å². The van der Waals surface area contributed by atoms with Gasteiger partial charge >= 0.3 is 5.97 Å². The Kier molecular flexibility index (Phi) is 10.0. The summed E-state index contributed by atoms with van der Waals surface area (Å²) in [6.07, 6.45) is 13.1. The molecule has 0 spiro atoms. The Morgan fingerprint density at radius 2 is 1.72 bits per heavy atom. The molecule has 0 aromatic rings. The number of rotatable bonds is 11. The van der Waals surface area contributed by atoms with Crippen molar-refractivity contribution >= 4 is 11.8 Å². The first-order chi connectivity index (χ1) is 12.0. The molecule has 0 bridgehead atoms. The van der Waals surface area contributed by atoms with E-state index in [-0.39, 0.29) is 17.6 Å². The molecule has 5 nitrogen and oxygen atoms in total. The maximum Gasteiger partial charge on any atom is 0.328 e. The van der Waals surface area contributed by atoms with Crippen molar-refractivity contribution in [2.75, 3.05) is 0 Å². The topological polar surface area (TPSA) is 94.8 Å². The van der Waals surface area contributed by atoms with Crippen molar-refractivity contribution in [3.63, 3.8) is 0 Å². The quantitative estimate of drug-likeness (QED) is 0.302. The number of Topliss-reactive ketones (excluding diaryl/α,β-unsaturated/α-hetero) is 1. The van der Waals surface area contributed by atoms with Crippen molar-refractivity contribution in [3.05, 3.63) is 36.5 Å². The Hall–Kier alpha value is -1.72. The van der Waals surface area contributed by atoms with Gasteiger partial charge in [-0.3, -0.25) is 4.79 Å². The van der Waals surface area contributed by atoms with Crippen LogP contribution >= 0.6 is 0 Å². The molecule has 0 aromatic heterocycles. The summed E-state index contributed by atoms with van der Waals surface area (Å²) in [4.78, 5) is 22.3. The molecule has 0 radical (unpaired) electrons. The predicted molar refractivity (Wildman–Crippen MR) is 97.0 cm³/mol. The van der Waals surface area contributed by atoms with Crippen LogP contribution in [0.15, 0.2) is 36.5 Å². The minimum Gasteiger partial charge on any atom is -0.478 e. The number of ketones is 1. The molecule has 25 heavy (non-hydrogen) atoms. The average molecular weight is 350 g/mol. The molecule has 140 valence electrons. The highest BCUT2D eigenvalue weighted by Gasteiger charge is 2.39. The summed E-state index contributed by atoms with van der Waals surface area (Å²) in [5, 5.41) is 28.8. The molecule has 0 heterocycles. The number of carboxylic acids is 1. The van der Waals surface area contributed by atoms with Crippen LogP contribution < -0.4 is 0 Å². The van der Waals surface area contributed by atoms with E-state index in [0.29, 0.717) is 25.7 Å². The zero-order valence-electron chi connectivity index (χ0n) is 14.9. The maximum atomic E-state index is 11.9. The molecule has 1 saturated carbocycles. The number of allylic oxidation sites excluding steroid dienone is 4. The average Bonchev–Trinajstić information content (AvgIpc) is 2.82. The highest BCUT2D eigenvalue weighted by atomic mass is 16.4. The van der Waals surface area contributed by atoms with Gasteiger partial charge in [0.05, 0.1) is 12.2 Å². The number of carbonyl (C=O) groups excluding carboxylic acids is 1. The molecule has 1 rings (SSSR count). The van der Waals surface area contributed by atoms with E-state index >= 15 is 0 Å². The number of aliphatic carboxylic acids is 1. The van der Waals surface area contributed by atoms with Crippen molar-refractivity contribution in [1.82, 2.24) is 0 Å². The van der Waals surface area contributed by atoms with Crippen LogP contribution in [0.4, 0.5) is 0 Å². The van der Waals surface area contributed by atoms with Gasteiger partial charge in [0.2, 0.25) is 0 Å². The van der Waals surface area contributed by atoms with Gasteiger partial charge in [-0.25, -0.2) is 4.79 Å². The third kappa shape index (κ3) is 8.27. The van der Waals surface area contributed by atoms with Crippen molar-refractivity contribution in [3.8, 4) is 0 Å². The Bertz CT molecular complexity index is 506. The van der Waals surface area contributed by atoms with Crippen molar-refractivity contribution < 1.29 is 24.9 Å². The second-order valence-electron chi connectivity index (χ2n) is 6.61. The molecule has 3 N–H and O–H groups in total. The van der Waals surface area contributed by atoms with Gasteiger partial charge < -0.3 is 15.3 Å². The first-order valence-corrected chi connectivity index (χ1v) is 9.08. The minimum atomic E-state index is -1.01. The highest BCUT2D eigenvalue weighted by Crippen LogP contribution is 2.36. The van der Waals surface area contributed by atoms with Crippen LogP contribution in [0, 0.1) is 11.8 Å². The Morgan fingerprint density at radius 3 is 2.40 bits per heavy atom. The van der Waals surface area contributed by atoms with Gasteiger partial charge in [-0.1, -0.05) is 50.1 Å². The molecular weight excluding hydrogens is 320 g/mol. The van der Waals surface area contributed by atoms with Gasteiger partial charge in [-0.15, -0.1) is 0 Å². The summed E-state index contributed by atoms with van der Waals surface area (Å²) >= 11 is 0. The number of aliphatic hydroxyl groups is 2. The Balaban J connectivity index is 2.52. The van der Waals surface area contributed by atoms with Gasteiger partial charge in [-0.2, -0.15) is 0 Å². The van der Waals surface area contributed by atoms with Gasteiger partial charge in [0.1, 0.15) is 5.78 Å². The summed E-state index contributed by atoms with van der Waals surface area (Å²) < 4.78 is 0. The minimum absolute atomic E-state index is 0.121. The van der Waals surface area contributed by atoms with E-state index in [2.05, 4.69) is 6.92 Å². The molecule has 0 amide bonds. The van der Waals surface area contributed by atoms with Crippen LogP contribution in [0.3, 0.4) is 0 Å². The van der Waals surface area contributed by atoms with Gasteiger partial charge in [0.25, 0.3) is 0 Å². The molecule has 4 atom stereocenters. The Labute approximate surface area is 149 Å². The normalized spacial score (nSPS) is 27.0. The van der Waals surface area contributed by atoms with E-state index in [4.69, 9.17) is 5.11 Å². The van der Waals surface area contributed by atoms with Crippen LogP contribution in [0.1, 0.15) is 51.9 Å². The fourth-order valence-electron chi connectivity index (χ4n) is 3.26. The summed E-state index contributed by atoms with van der Waals surface area (Å²) in [5.74, 6) is -1.09. The van der Waals surface area contributed by atoms with E-state index in [1.54, 1.807) is 18.2 Å². The number of hydrogen-bond donors (Lipinski definition) is 3. The van der Waals surface area contributed by atoms with Gasteiger partial charge in [0, 0.05) is 31.3 Å². The van der Waals surface area contributed by atoms with E-state index in [1.165, 1.54) is 6.08 Å². The monoisotopic (exact) mass is 350 g/mol. The third-order valence-corrected chi connectivity index (χ3v) is 4.64. The number of unbranched alkanes of at least 4 members (excludes halogenated alkanes) is 2. The van der Waals surface area contributed by atoms with Crippen LogP contribution in [0.5, 0.6) is 0 Å². The van der Waals surface area contributed by atoms with Crippen LogP contribution in [-0.4, -0.2) is 39.3 Å². The first-order valence-electron chi connectivity index (χ1n) is 9.08. The lowest BCUT2D eigenvalue weighted by Crippen LogP contribution is -2.21. The van der Waals surface area contributed by atoms with E-state index in [9.17, 15) is 19.8 Å². The second kappa shape index (κ2) is 11.8. The summed E-state index contributed by atoms with van der Waals surface area (Å²) in [7, 11) is 0. The summed E-state index contributed by atoms with van der Waals surface area (Å²) in [6, 6.07) is 0. The fraction of sp³-hybridized carbons (Fsp3) is 0.600.